The summed E-state index contributed by atoms with van der Waals surface area (Å²) in [5, 5.41) is 8.89. The van der Waals surface area contributed by atoms with Gasteiger partial charge in [-0.25, -0.2) is 8.42 Å². The second-order valence-corrected chi connectivity index (χ2v) is 7.31. The average Bonchev–Trinajstić information content (AvgIpc) is 2.81. The number of nitrogens with zero attached hydrogens (tertiary/aromatic N) is 1. The highest BCUT2D eigenvalue weighted by Crippen LogP contribution is 2.35. The highest BCUT2D eigenvalue weighted by atomic mass is 35.5. The van der Waals surface area contributed by atoms with E-state index in [0.717, 1.165) is 6.42 Å². The van der Waals surface area contributed by atoms with Gasteiger partial charge in [0.25, 0.3) is 0 Å². The zero-order valence-corrected chi connectivity index (χ0v) is 11.8. The maximum atomic E-state index is 12.4. The number of hydrogen-bond acceptors (Lipinski definition) is 3. The van der Waals surface area contributed by atoms with Crippen molar-refractivity contribution in [2.45, 2.75) is 29.4 Å². The summed E-state index contributed by atoms with van der Waals surface area (Å²) in [5.41, 5.74) is 0. The Hall–Kier alpha value is -0.760. The van der Waals surface area contributed by atoms with E-state index in [1.807, 2.05) is 0 Å². The number of benzene rings is 1. The van der Waals surface area contributed by atoms with Crippen LogP contribution in [-0.4, -0.2) is 13.7 Å². The summed E-state index contributed by atoms with van der Waals surface area (Å²) in [6.07, 6.45) is 1.94. The molecule has 1 aliphatic carbocycles. The third kappa shape index (κ3) is 2.35. The molecule has 0 bridgehead atoms. The smallest absolute Gasteiger partial charge is 0.182 e. The van der Waals surface area contributed by atoms with Crippen LogP contribution < -0.4 is 0 Å². The summed E-state index contributed by atoms with van der Waals surface area (Å²) in [6, 6.07) is 6.34. The fraction of sp³-hybridized carbons (Fsp3) is 0.417. The van der Waals surface area contributed by atoms with Crippen LogP contribution in [0.1, 0.15) is 19.3 Å². The lowest BCUT2D eigenvalue weighted by atomic mass is 10.1. The van der Waals surface area contributed by atoms with Crippen LogP contribution in [0.25, 0.3) is 0 Å². The Morgan fingerprint density at radius 2 is 1.94 bits per heavy atom. The fourth-order valence-corrected chi connectivity index (χ4v) is 4.63. The number of hydrogen-bond donors (Lipinski definition) is 0. The third-order valence-corrected chi connectivity index (χ3v) is 6.25. The molecule has 0 saturated heterocycles. The summed E-state index contributed by atoms with van der Waals surface area (Å²) >= 11 is 11.6. The predicted molar refractivity (Wildman–Crippen MR) is 70.4 cm³/mol. The van der Waals surface area contributed by atoms with E-state index in [1.165, 1.54) is 18.2 Å². The van der Waals surface area contributed by atoms with E-state index in [4.69, 9.17) is 28.5 Å². The third-order valence-electron chi connectivity index (χ3n) is 3.24. The lowest BCUT2D eigenvalue weighted by Gasteiger charge is -2.15. The predicted octanol–water partition coefficient (Wildman–Crippen LogP) is 3.46. The minimum atomic E-state index is -3.50. The van der Waals surface area contributed by atoms with Gasteiger partial charge in [-0.1, -0.05) is 29.6 Å². The molecule has 2 rings (SSSR count). The molecular formula is C12H11Cl2NO2S. The Bertz CT molecular complexity index is 607. The number of rotatable bonds is 2. The first kappa shape index (κ1) is 13.7. The molecule has 0 heterocycles. The van der Waals surface area contributed by atoms with Crippen LogP contribution in [0.2, 0.25) is 10.0 Å². The van der Waals surface area contributed by atoms with E-state index in [9.17, 15) is 8.42 Å². The van der Waals surface area contributed by atoms with Crippen LogP contribution in [0, 0.1) is 17.2 Å². The molecule has 96 valence electrons. The van der Waals surface area contributed by atoms with Crippen molar-refractivity contribution >= 4 is 33.0 Å². The molecule has 0 amide bonds. The summed E-state index contributed by atoms with van der Waals surface area (Å²) in [6.45, 7) is 0. The molecule has 0 aliphatic heterocycles. The van der Waals surface area contributed by atoms with Crippen molar-refractivity contribution in [1.82, 2.24) is 0 Å². The minimum Gasteiger partial charge on any atom is -0.223 e. The first-order chi connectivity index (χ1) is 8.46. The molecule has 18 heavy (non-hydrogen) atoms. The zero-order valence-electron chi connectivity index (χ0n) is 9.44. The lowest BCUT2D eigenvalue weighted by Crippen LogP contribution is -2.24. The van der Waals surface area contributed by atoms with Crippen LogP contribution in [0.15, 0.2) is 23.1 Å². The Balaban J connectivity index is 2.42. The quantitative estimate of drug-likeness (QED) is 0.840. The molecule has 1 aromatic rings. The van der Waals surface area contributed by atoms with Gasteiger partial charge >= 0.3 is 0 Å². The summed E-state index contributed by atoms with van der Waals surface area (Å²) in [5.74, 6) is -0.426. The van der Waals surface area contributed by atoms with E-state index in [0.29, 0.717) is 17.9 Å². The molecule has 1 aliphatic rings. The van der Waals surface area contributed by atoms with Gasteiger partial charge in [0.15, 0.2) is 9.84 Å². The summed E-state index contributed by atoms with van der Waals surface area (Å²) < 4.78 is 24.8. The van der Waals surface area contributed by atoms with Gasteiger partial charge in [-0.05, 0) is 31.0 Å². The van der Waals surface area contributed by atoms with Gasteiger partial charge in [0.05, 0.1) is 32.2 Å². The van der Waals surface area contributed by atoms with Crippen molar-refractivity contribution in [1.29, 1.82) is 5.26 Å². The van der Waals surface area contributed by atoms with Crippen molar-refractivity contribution in [2.75, 3.05) is 0 Å². The van der Waals surface area contributed by atoms with E-state index < -0.39 is 21.0 Å². The number of sulfone groups is 1. The summed E-state index contributed by atoms with van der Waals surface area (Å²) in [4.78, 5) is 0.143. The second-order valence-electron chi connectivity index (χ2n) is 4.33. The van der Waals surface area contributed by atoms with E-state index >= 15 is 0 Å². The molecule has 6 heteroatoms. The monoisotopic (exact) mass is 303 g/mol. The van der Waals surface area contributed by atoms with Crippen molar-refractivity contribution in [2.24, 2.45) is 5.92 Å². The van der Waals surface area contributed by atoms with Crippen LogP contribution >= 0.6 is 23.2 Å². The topological polar surface area (TPSA) is 57.9 Å². The Kier molecular flexibility index (Phi) is 3.86. The first-order valence-electron chi connectivity index (χ1n) is 5.55. The number of halogens is 2. The Labute approximate surface area is 116 Å². The molecule has 2 atom stereocenters. The standard InChI is InChI=1S/C12H11Cl2NO2S/c13-10-5-4-9(6-11(10)14)18(16,17)12-3-1-2-8(12)7-15/h4-6,8,12H,1-3H2. The lowest BCUT2D eigenvalue weighted by molar-refractivity contribution is 0.565. The molecule has 1 aromatic carbocycles. The molecule has 0 radical (unpaired) electrons. The van der Waals surface area contributed by atoms with Gasteiger partial charge < -0.3 is 0 Å². The maximum Gasteiger partial charge on any atom is 0.182 e. The zero-order chi connectivity index (χ0) is 13.3. The fourth-order valence-electron chi connectivity index (χ4n) is 2.27. The van der Waals surface area contributed by atoms with E-state index in [2.05, 4.69) is 6.07 Å². The highest BCUT2D eigenvalue weighted by Gasteiger charge is 2.38. The maximum absolute atomic E-state index is 12.4. The van der Waals surface area contributed by atoms with Gasteiger partial charge in [-0.2, -0.15) is 5.26 Å². The van der Waals surface area contributed by atoms with Gasteiger partial charge in [0.2, 0.25) is 0 Å². The molecule has 0 spiro atoms. The SMILES string of the molecule is N#CC1CCCC1S(=O)(=O)c1ccc(Cl)c(Cl)c1. The molecule has 1 fully saturated rings. The molecule has 0 aromatic heterocycles. The average molecular weight is 304 g/mol. The van der Waals surface area contributed by atoms with Crippen LogP contribution in [-0.2, 0) is 9.84 Å². The van der Waals surface area contributed by atoms with Crippen LogP contribution in [0.3, 0.4) is 0 Å². The Morgan fingerprint density at radius 3 is 2.56 bits per heavy atom. The normalized spacial score (nSPS) is 23.8. The largest absolute Gasteiger partial charge is 0.223 e. The first-order valence-corrected chi connectivity index (χ1v) is 7.85. The van der Waals surface area contributed by atoms with Crippen molar-refractivity contribution in [3.63, 3.8) is 0 Å². The second kappa shape index (κ2) is 5.08. The van der Waals surface area contributed by atoms with Gasteiger partial charge in [-0.15, -0.1) is 0 Å². The van der Waals surface area contributed by atoms with Gasteiger partial charge in [-0.3, -0.25) is 0 Å². The van der Waals surface area contributed by atoms with Crippen molar-refractivity contribution in [3.05, 3.63) is 28.2 Å². The van der Waals surface area contributed by atoms with E-state index in [1.54, 1.807) is 0 Å². The highest BCUT2D eigenvalue weighted by molar-refractivity contribution is 7.92. The summed E-state index contributed by atoms with van der Waals surface area (Å²) in [7, 11) is -3.50. The molecular weight excluding hydrogens is 293 g/mol. The van der Waals surface area contributed by atoms with E-state index in [-0.39, 0.29) is 9.92 Å². The van der Waals surface area contributed by atoms with Gasteiger partial charge in [0.1, 0.15) is 0 Å². The molecule has 0 N–H and O–H groups in total. The van der Waals surface area contributed by atoms with Gasteiger partial charge in [0, 0.05) is 0 Å². The number of nitriles is 1. The molecule has 2 unspecified atom stereocenters. The van der Waals surface area contributed by atoms with Crippen LogP contribution in [0.5, 0.6) is 0 Å². The van der Waals surface area contributed by atoms with Crippen molar-refractivity contribution in [3.8, 4) is 6.07 Å². The molecule has 3 nitrogen and oxygen atoms in total. The minimum absolute atomic E-state index is 0.143. The Morgan fingerprint density at radius 1 is 1.22 bits per heavy atom. The molecule has 1 saturated carbocycles. The van der Waals surface area contributed by atoms with Crippen LogP contribution in [0.4, 0.5) is 0 Å². The van der Waals surface area contributed by atoms with Crippen molar-refractivity contribution < 1.29 is 8.42 Å².